The fourth-order valence-electron chi connectivity index (χ4n) is 4.57. The summed E-state index contributed by atoms with van der Waals surface area (Å²) in [5.74, 6) is 0.150. The van der Waals surface area contributed by atoms with E-state index >= 15 is 0 Å². The van der Waals surface area contributed by atoms with E-state index in [-0.39, 0.29) is 18.1 Å². The molecule has 1 aromatic heterocycles. The number of aliphatic hydroxyl groups excluding tert-OH is 1. The topological polar surface area (TPSA) is 53.0 Å². The SMILES string of the molecule is CCc1cc(C(=O)N2CCOC3(CCN(Cc4cccc(CCO)c4)CC3)C2)cs1. The molecule has 5 nitrogen and oxygen atoms in total. The number of thiophene rings is 1. The number of amides is 1. The third-order valence-electron chi connectivity index (χ3n) is 6.35. The minimum absolute atomic E-state index is 0.150. The van der Waals surface area contributed by atoms with E-state index in [0.717, 1.165) is 44.5 Å². The number of aliphatic hydroxyl groups is 1. The molecule has 2 fully saturated rings. The third kappa shape index (κ3) is 4.94. The number of piperidine rings is 1. The third-order valence-corrected chi connectivity index (χ3v) is 7.43. The molecule has 6 heteroatoms. The minimum Gasteiger partial charge on any atom is -0.396 e. The molecule has 0 aliphatic carbocycles. The monoisotopic (exact) mass is 428 g/mol. The van der Waals surface area contributed by atoms with Gasteiger partial charge in [-0.25, -0.2) is 0 Å². The first-order valence-corrected chi connectivity index (χ1v) is 11.9. The Morgan fingerprint density at radius 3 is 2.73 bits per heavy atom. The van der Waals surface area contributed by atoms with Gasteiger partial charge in [-0.15, -0.1) is 11.3 Å². The van der Waals surface area contributed by atoms with Crippen LogP contribution in [0, 0.1) is 0 Å². The van der Waals surface area contributed by atoms with Crippen LogP contribution in [0.2, 0.25) is 0 Å². The summed E-state index contributed by atoms with van der Waals surface area (Å²) >= 11 is 1.67. The smallest absolute Gasteiger partial charge is 0.254 e. The van der Waals surface area contributed by atoms with Crippen LogP contribution >= 0.6 is 11.3 Å². The minimum atomic E-state index is -0.202. The maximum absolute atomic E-state index is 13.0. The molecule has 0 radical (unpaired) electrons. The summed E-state index contributed by atoms with van der Waals surface area (Å²) in [5.41, 5.74) is 3.11. The van der Waals surface area contributed by atoms with Gasteiger partial charge in [0.2, 0.25) is 0 Å². The summed E-state index contributed by atoms with van der Waals surface area (Å²) in [6, 6.07) is 10.6. The first-order valence-electron chi connectivity index (χ1n) is 11.0. The van der Waals surface area contributed by atoms with Crippen molar-refractivity contribution in [2.75, 3.05) is 39.4 Å². The summed E-state index contributed by atoms with van der Waals surface area (Å²) < 4.78 is 6.25. The van der Waals surface area contributed by atoms with Gasteiger partial charge in [0, 0.05) is 43.0 Å². The van der Waals surface area contributed by atoms with Crippen LogP contribution in [0.3, 0.4) is 0 Å². The van der Waals surface area contributed by atoms with Crippen molar-refractivity contribution in [1.29, 1.82) is 0 Å². The highest BCUT2D eigenvalue weighted by Crippen LogP contribution is 2.32. The molecule has 2 aliphatic rings. The van der Waals surface area contributed by atoms with E-state index in [0.29, 0.717) is 26.1 Å². The second kappa shape index (κ2) is 9.60. The number of hydrogen-bond donors (Lipinski definition) is 1. The van der Waals surface area contributed by atoms with Crippen LogP contribution in [0.25, 0.3) is 0 Å². The van der Waals surface area contributed by atoms with Crippen molar-refractivity contribution in [3.05, 3.63) is 57.3 Å². The molecule has 2 aromatic rings. The van der Waals surface area contributed by atoms with Crippen molar-refractivity contribution >= 4 is 17.2 Å². The van der Waals surface area contributed by atoms with Crippen molar-refractivity contribution < 1.29 is 14.6 Å². The average Bonchev–Trinajstić information content (AvgIpc) is 3.25. The Morgan fingerprint density at radius 1 is 1.20 bits per heavy atom. The molecular weight excluding hydrogens is 396 g/mol. The first kappa shape index (κ1) is 21.5. The van der Waals surface area contributed by atoms with Crippen molar-refractivity contribution in [3.63, 3.8) is 0 Å². The lowest BCUT2D eigenvalue weighted by Gasteiger charge is -2.47. The summed E-state index contributed by atoms with van der Waals surface area (Å²) in [5, 5.41) is 11.2. The Bertz CT molecular complexity index is 858. The van der Waals surface area contributed by atoms with Gasteiger partial charge in [-0.05, 0) is 42.9 Å². The summed E-state index contributed by atoms with van der Waals surface area (Å²) in [6.07, 6.45) is 3.59. The maximum atomic E-state index is 13.0. The van der Waals surface area contributed by atoms with Gasteiger partial charge in [-0.1, -0.05) is 31.2 Å². The molecular formula is C24H32N2O3S. The predicted octanol–water partition coefficient (Wildman–Crippen LogP) is 3.35. The van der Waals surface area contributed by atoms with Gasteiger partial charge in [0.05, 0.1) is 24.3 Å². The standard InChI is InChI=1S/C24H32N2O3S/c1-2-22-15-21(17-30-22)23(28)26-11-13-29-24(18-26)7-9-25(10-8-24)16-20-5-3-4-19(14-20)6-12-27/h3-5,14-15,17,27H,2,6-13,16,18H2,1H3. The van der Waals surface area contributed by atoms with Crippen molar-refractivity contribution in [3.8, 4) is 0 Å². The Morgan fingerprint density at radius 2 is 2.00 bits per heavy atom. The number of likely N-dealkylation sites (tertiary alicyclic amines) is 1. The van der Waals surface area contributed by atoms with Crippen molar-refractivity contribution in [2.45, 2.75) is 44.8 Å². The number of carbonyl (C=O) groups excluding carboxylic acids is 1. The van der Waals surface area contributed by atoms with Gasteiger partial charge in [0.1, 0.15) is 0 Å². The fourth-order valence-corrected chi connectivity index (χ4v) is 5.38. The zero-order valence-corrected chi connectivity index (χ0v) is 18.6. The average molecular weight is 429 g/mol. The van der Waals surface area contributed by atoms with Crippen LogP contribution in [0.5, 0.6) is 0 Å². The van der Waals surface area contributed by atoms with E-state index in [1.807, 2.05) is 16.3 Å². The lowest BCUT2D eigenvalue weighted by molar-refractivity contribution is -0.127. The molecule has 4 rings (SSSR count). The molecule has 30 heavy (non-hydrogen) atoms. The Labute approximate surface area is 183 Å². The van der Waals surface area contributed by atoms with Crippen LogP contribution in [0.4, 0.5) is 0 Å². The first-order chi connectivity index (χ1) is 14.6. The number of hydrogen-bond acceptors (Lipinski definition) is 5. The highest BCUT2D eigenvalue weighted by Gasteiger charge is 2.41. The molecule has 0 saturated carbocycles. The zero-order valence-electron chi connectivity index (χ0n) is 17.8. The predicted molar refractivity (Wildman–Crippen MR) is 120 cm³/mol. The molecule has 1 amide bonds. The number of morpholine rings is 1. The Balaban J connectivity index is 1.34. The fraction of sp³-hybridized carbons (Fsp3) is 0.542. The largest absolute Gasteiger partial charge is 0.396 e. The van der Waals surface area contributed by atoms with Crippen LogP contribution in [-0.2, 0) is 24.1 Å². The van der Waals surface area contributed by atoms with Crippen molar-refractivity contribution in [1.82, 2.24) is 9.80 Å². The number of nitrogens with zero attached hydrogens (tertiary/aromatic N) is 2. The molecule has 0 atom stereocenters. The van der Waals surface area contributed by atoms with E-state index in [2.05, 4.69) is 36.1 Å². The van der Waals surface area contributed by atoms with Gasteiger partial charge in [-0.3, -0.25) is 9.69 Å². The second-order valence-electron chi connectivity index (χ2n) is 8.48. The van der Waals surface area contributed by atoms with E-state index in [1.54, 1.807) is 11.3 Å². The molecule has 1 N–H and O–H groups in total. The molecule has 0 unspecified atom stereocenters. The Hall–Kier alpha value is -1.73. The number of carbonyl (C=O) groups is 1. The van der Waals surface area contributed by atoms with Crippen molar-refractivity contribution in [2.24, 2.45) is 0 Å². The van der Waals surface area contributed by atoms with Gasteiger partial charge in [0.15, 0.2) is 0 Å². The molecule has 1 aromatic carbocycles. The molecule has 3 heterocycles. The van der Waals surface area contributed by atoms with Crippen LogP contribution < -0.4 is 0 Å². The number of ether oxygens (including phenoxy) is 1. The number of rotatable bonds is 6. The van der Waals surface area contributed by atoms with Gasteiger partial charge >= 0.3 is 0 Å². The lowest BCUT2D eigenvalue weighted by atomic mass is 9.89. The van der Waals surface area contributed by atoms with Gasteiger partial charge < -0.3 is 14.7 Å². The van der Waals surface area contributed by atoms with E-state index in [9.17, 15) is 4.79 Å². The van der Waals surface area contributed by atoms with Crippen LogP contribution in [-0.4, -0.2) is 65.8 Å². The quantitative estimate of drug-likeness (QED) is 0.767. The van der Waals surface area contributed by atoms with E-state index < -0.39 is 0 Å². The van der Waals surface area contributed by atoms with Crippen LogP contribution in [0.1, 0.15) is 46.1 Å². The number of benzene rings is 1. The molecule has 2 saturated heterocycles. The molecule has 2 aliphatic heterocycles. The lowest BCUT2D eigenvalue weighted by Crippen LogP contribution is -2.57. The molecule has 0 bridgehead atoms. The van der Waals surface area contributed by atoms with E-state index in [4.69, 9.17) is 9.84 Å². The van der Waals surface area contributed by atoms with Crippen LogP contribution in [0.15, 0.2) is 35.7 Å². The van der Waals surface area contributed by atoms with Gasteiger partial charge in [-0.2, -0.15) is 0 Å². The Kier molecular flexibility index (Phi) is 6.88. The highest BCUT2D eigenvalue weighted by atomic mass is 32.1. The summed E-state index contributed by atoms with van der Waals surface area (Å²) in [7, 11) is 0. The summed E-state index contributed by atoms with van der Waals surface area (Å²) in [6.45, 7) is 7.19. The zero-order chi connectivity index (χ0) is 21.0. The van der Waals surface area contributed by atoms with E-state index in [1.165, 1.54) is 16.0 Å². The van der Waals surface area contributed by atoms with Gasteiger partial charge in [0.25, 0.3) is 5.91 Å². The normalized spacial score (nSPS) is 19.3. The number of aryl methyl sites for hydroxylation is 1. The summed E-state index contributed by atoms with van der Waals surface area (Å²) in [4.78, 5) is 18.7. The molecule has 1 spiro atoms. The highest BCUT2D eigenvalue weighted by molar-refractivity contribution is 7.10. The molecule has 162 valence electrons. The maximum Gasteiger partial charge on any atom is 0.254 e. The second-order valence-corrected chi connectivity index (χ2v) is 9.48.